The summed E-state index contributed by atoms with van der Waals surface area (Å²) in [5.41, 5.74) is 2.25. The second kappa shape index (κ2) is 8.69. The molecule has 3 rings (SSSR count). The average Bonchev–Trinajstić information content (AvgIpc) is 2.74. The standard InChI is InChI=1S/C20H25N5O3/c1-24(2)20(27)21-16-10-12-25(13-11-16)19(26)15-6-4-14(5-7-15)17-8-9-18(28-3)23-22-17/h4-9,16H,10-13H2,1-3H3,(H,21,27). The minimum Gasteiger partial charge on any atom is -0.480 e. The number of hydrogen-bond donors (Lipinski definition) is 1. The fourth-order valence-corrected chi connectivity index (χ4v) is 3.08. The van der Waals surface area contributed by atoms with Crippen molar-refractivity contribution >= 4 is 11.9 Å². The van der Waals surface area contributed by atoms with E-state index in [-0.39, 0.29) is 18.0 Å². The summed E-state index contributed by atoms with van der Waals surface area (Å²) in [6.07, 6.45) is 1.51. The maximum absolute atomic E-state index is 12.8. The molecule has 0 atom stereocenters. The molecule has 1 fully saturated rings. The highest BCUT2D eigenvalue weighted by atomic mass is 16.5. The molecule has 0 radical (unpaired) electrons. The van der Waals surface area contributed by atoms with Crippen LogP contribution in [0.4, 0.5) is 4.79 Å². The number of amides is 3. The Morgan fingerprint density at radius 3 is 2.29 bits per heavy atom. The molecule has 0 aliphatic carbocycles. The van der Waals surface area contributed by atoms with Crippen molar-refractivity contribution < 1.29 is 14.3 Å². The van der Waals surface area contributed by atoms with Crippen LogP contribution in [0.2, 0.25) is 0 Å². The summed E-state index contributed by atoms with van der Waals surface area (Å²) >= 11 is 0. The maximum atomic E-state index is 12.8. The van der Waals surface area contributed by atoms with Crippen molar-refractivity contribution in [3.8, 4) is 17.1 Å². The Labute approximate surface area is 164 Å². The molecule has 8 nitrogen and oxygen atoms in total. The van der Waals surface area contributed by atoms with Crippen LogP contribution in [0.3, 0.4) is 0 Å². The van der Waals surface area contributed by atoms with Gasteiger partial charge < -0.3 is 19.9 Å². The summed E-state index contributed by atoms with van der Waals surface area (Å²) in [6.45, 7) is 1.26. The number of ether oxygens (including phenoxy) is 1. The molecule has 28 heavy (non-hydrogen) atoms. The zero-order valence-electron chi connectivity index (χ0n) is 16.4. The van der Waals surface area contributed by atoms with Crippen LogP contribution in [-0.4, -0.2) is 72.3 Å². The minimum atomic E-state index is -0.0954. The number of benzene rings is 1. The molecule has 0 bridgehead atoms. The molecule has 1 saturated heterocycles. The fraction of sp³-hybridized carbons (Fsp3) is 0.400. The van der Waals surface area contributed by atoms with Gasteiger partial charge in [-0.15, -0.1) is 10.2 Å². The van der Waals surface area contributed by atoms with Crippen molar-refractivity contribution in [3.63, 3.8) is 0 Å². The first-order valence-electron chi connectivity index (χ1n) is 9.23. The molecule has 1 aliphatic rings. The Hall–Kier alpha value is -3.16. The summed E-state index contributed by atoms with van der Waals surface area (Å²) in [7, 11) is 4.98. The van der Waals surface area contributed by atoms with Crippen molar-refractivity contribution in [2.75, 3.05) is 34.3 Å². The molecule has 148 valence electrons. The quantitative estimate of drug-likeness (QED) is 0.873. The van der Waals surface area contributed by atoms with Gasteiger partial charge in [0.2, 0.25) is 5.88 Å². The van der Waals surface area contributed by atoms with E-state index in [4.69, 9.17) is 4.74 Å². The lowest BCUT2D eigenvalue weighted by molar-refractivity contribution is 0.0707. The highest BCUT2D eigenvalue weighted by Crippen LogP contribution is 2.20. The van der Waals surface area contributed by atoms with Crippen LogP contribution in [-0.2, 0) is 0 Å². The van der Waals surface area contributed by atoms with Gasteiger partial charge >= 0.3 is 6.03 Å². The molecule has 8 heteroatoms. The van der Waals surface area contributed by atoms with E-state index in [9.17, 15) is 9.59 Å². The number of likely N-dealkylation sites (tertiary alicyclic amines) is 1. The lowest BCUT2D eigenvalue weighted by Gasteiger charge is -2.33. The number of carbonyl (C=O) groups is 2. The SMILES string of the molecule is COc1ccc(-c2ccc(C(=O)N3CCC(NC(=O)N(C)C)CC3)cc2)nn1. The van der Waals surface area contributed by atoms with Crippen LogP contribution in [0.25, 0.3) is 11.3 Å². The van der Waals surface area contributed by atoms with Gasteiger partial charge in [-0.2, -0.15) is 0 Å². The first-order valence-corrected chi connectivity index (χ1v) is 9.23. The van der Waals surface area contributed by atoms with E-state index >= 15 is 0 Å². The normalized spacial score (nSPS) is 14.5. The molecule has 1 N–H and O–H groups in total. The van der Waals surface area contributed by atoms with Crippen LogP contribution in [0.15, 0.2) is 36.4 Å². The Morgan fingerprint density at radius 1 is 1.07 bits per heavy atom. The third kappa shape index (κ3) is 4.57. The number of urea groups is 1. The number of hydrogen-bond acceptors (Lipinski definition) is 5. The molecule has 2 aromatic rings. The van der Waals surface area contributed by atoms with Crippen LogP contribution < -0.4 is 10.1 Å². The second-order valence-electron chi connectivity index (χ2n) is 6.95. The highest BCUT2D eigenvalue weighted by Gasteiger charge is 2.25. The van der Waals surface area contributed by atoms with Gasteiger partial charge in [0.25, 0.3) is 5.91 Å². The van der Waals surface area contributed by atoms with Crippen LogP contribution in [0, 0.1) is 0 Å². The number of methoxy groups -OCH3 is 1. The van der Waals surface area contributed by atoms with Crippen LogP contribution in [0.5, 0.6) is 5.88 Å². The summed E-state index contributed by atoms with van der Waals surface area (Å²) in [6, 6.07) is 10.9. The van der Waals surface area contributed by atoms with Gasteiger partial charge in [0.1, 0.15) is 0 Å². The molecular weight excluding hydrogens is 358 g/mol. The zero-order chi connectivity index (χ0) is 20.1. The number of nitrogens with zero attached hydrogens (tertiary/aromatic N) is 4. The molecule has 0 spiro atoms. The van der Waals surface area contributed by atoms with Gasteiger partial charge in [-0.25, -0.2) is 4.79 Å². The van der Waals surface area contributed by atoms with Gasteiger partial charge in [0.15, 0.2) is 0 Å². The predicted molar refractivity (Wildman–Crippen MR) is 105 cm³/mol. The number of nitrogens with one attached hydrogen (secondary N) is 1. The first kappa shape index (κ1) is 19.6. The predicted octanol–water partition coefficient (Wildman–Crippen LogP) is 2.03. The molecule has 1 aliphatic heterocycles. The molecule has 1 aromatic carbocycles. The highest BCUT2D eigenvalue weighted by molar-refractivity contribution is 5.94. The Balaban J connectivity index is 1.58. The Bertz CT molecular complexity index is 813. The summed E-state index contributed by atoms with van der Waals surface area (Å²) in [5, 5.41) is 11.1. The largest absolute Gasteiger partial charge is 0.480 e. The lowest BCUT2D eigenvalue weighted by atomic mass is 10.0. The van der Waals surface area contributed by atoms with Crippen molar-refractivity contribution in [2.24, 2.45) is 0 Å². The molecular formula is C20H25N5O3. The van der Waals surface area contributed by atoms with Crippen molar-refractivity contribution in [2.45, 2.75) is 18.9 Å². The van der Waals surface area contributed by atoms with Crippen molar-refractivity contribution in [1.29, 1.82) is 0 Å². The molecule has 2 heterocycles. The summed E-state index contributed by atoms with van der Waals surface area (Å²) in [4.78, 5) is 27.9. The third-order valence-electron chi connectivity index (χ3n) is 4.79. The first-order chi connectivity index (χ1) is 13.5. The average molecular weight is 383 g/mol. The Kier molecular flexibility index (Phi) is 6.08. The number of piperidine rings is 1. The smallest absolute Gasteiger partial charge is 0.317 e. The molecule has 3 amide bonds. The van der Waals surface area contributed by atoms with Gasteiger partial charge in [-0.05, 0) is 31.0 Å². The van der Waals surface area contributed by atoms with E-state index in [2.05, 4.69) is 15.5 Å². The monoisotopic (exact) mass is 383 g/mol. The van der Waals surface area contributed by atoms with E-state index in [0.717, 1.165) is 24.1 Å². The van der Waals surface area contributed by atoms with Crippen LogP contribution >= 0.6 is 0 Å². The van der Waals surface area contributed by atoms with Gasteiger partial charge in [-0.1, -0.05) is 12.1 Å². The van der Waals surface area contributed by atoms with Crippen molar-refractivity contribution in [3.05, 3.63) is 42.0 Å². The third-order valence-corrected chi connectivity index (χ3v) is 4.79. The fourth-order valence-electron chi connectivity index (χ4n) is 3.08. The van der Waals surface area contributed by atoms with Gasteiger partial charge in [0.05, 0.1) is 12.8 Å². The molecule has 0 unspecified atom stereocenters. The molecule has 1 aromatic heterocycles. The van der Waals surface area contributed by atoms with Gasteiger partial charge in [0, 0.05) is 50.4 Å². The van der Waals surface area contributed by atoms with E-state index in [1.807, 2.05) is 35.2 Å². The summed E-state index contributed by atoms with van der Waals surface area (Å²) < 4.78 is 5.01. The lowest BCUT2D eigenvalue weighted by Crippen LogP contribution is -2.48. The van der Waals surface area contributed by atoms with Crippen molar-refractivity contribution in [1.82, 2.24) is 25.3 Å². The number of aromatic nitrogens is 2. The van der Waals surface area contributed by atoms with E-state index in [0.29, 0.717) is 24.5 Å². The zero-order valence-corrected chi connectivity index (χ0v) is 16.4. The van der Waals surface area contributed by atoms with Crippen LogP contribution in [0.1, 0.15) is 23.2 Å². The second-order valence-corrected chi connectivity index (χ2v) is 6.95. The maximum Gasteiger partial charge on any atom is 0.317 e. The van der Waals surface area contributed by atoms with E-state index in [1.54, 1.807) is 27.3 Å². The molecule has 0 saturated carbocycles. The van der Waals surface area contributed by atoms with Gasteiger partial charge in [-0.3, -0.25) is 4.79 Å². The summed E-state index contributed by atoms with van der Waals surface area (Å²) in [5.74, 6) is 0.463. The topological polar surface area (TPSA) is 87.7 Å². The van der Waals surface area contributed by atoms with E-state index < -0.39 is 0 Å². The Morgan fingerprint density at radius 2 is 1.75 bits per heavy atom. The minimum absolute atomic E-state index is 0.00440. The number of rotatable bonds is 4. The number of carbonyl (C=O) groups excluding carboxylic acids is 2. The van der Waals surface area contributed by atoms with E-state index in [1.165, 1.54) is 4.90 Å².